The molecule has 4 nitrogen and oxygen atoms in total. The minimum Gasteiger partial charge on any atom is -0.335 e. The van der Waals surface area contributed by atoms with Crippen LogP contribution in [0.4, 0.5) is 0 Å². The highest BCUT2D eigenvalue weighted by atomic mass is 16.1. The molecule has 0 aliphatic rings. The molecule has 0 aliphatic heterocycles. The lowest BCUT2D eigenvalue weighted by Gasteiger charge is -2.18. The van der Waals surface area contributed by atoms with E-state index in [0.717, 1.165) is 18.4 Å². The molecule has 1 heterocycles. The molecule has 1 unspecified atom stereocenters. The second-order valence-electron chi connectivity index (χ2n) is 5.87. The number of rotatable bonds is 5. The highest BCUT2D eigenvalue weighted by molar-refractivity contribution is 5.58. The lowest BCUT2D eigenvalue weighted by atomic mass is 9.95. The van der Waals surface area contributed by atoms with E-state index in [4.69, 9.17) is 10.8 Å². The van der Waals surface area contributed by atoms with Crippen molar-refractivity contribution >= 4 is 0 Å². The van der Waals surface area contributed by atoms with Crippen LogP contribution in [-0.2, 0) is 6.42 Å². The molecule has 0 radical (unpaired) electrons. The van der Waals surface area contributed by atoms with Crippen LogP contribution in [-0.4, -0.2) is 9.66 Å². The number of aromatic nitrogens is 2. The molecule has 0 fully saturated rings. The molecule has 2 aromatic carbocycles. The molecule has 4 heteroatoms. The maximum atomic E-state index is 12.3. The number of benzene rings is 2. The summed E-state index contributed by atoms with van der Waals surface area (Å²) in [7, 11) is 0. The summed E-state index contributed by atoms with van der Waals surface area (Å²) >= 11 is 0. The fourth-order valence-corrected chi connectivity index (χ4v) is 2.87. The van der Waals surface area contributed by atoms with E-state index in [1.807, 2.05) is 48.5 Å². The van der Waals surface area contributed by atoms with Crippen LogP contribution >= 0.6 is 0 Å². The van der Waals surface area contributed by atoms with E-state index < -0.39 is 0 Å². The Bertz CT molecular complexity index is 857. The van der Waals surface area contributed by atoms with Crippen molar-refractivity contribution in [2.24, 2.45) is 0 Å². The number of hydrogen-bond acceptors (Lipinski definition) is 3. The maximum Gasteiger partial charge on any atom is 0.272 e. The van der Waals surface area contributed by atoms with Crippen molar-refractivity contribution in [3.05, 3.63) is 88.5 Å². The Morgan fingerprint density at radius 2 is 1.67 bits per heavy atom. The van der Waals surface area contributed by atoms with Crippen LogP contribution in [0.15, 0.2) is 71.5 Å². The largest absolute Gasteiger partial charge is 0.335 e. The summed E-state index contributed by atoms with van der Waals surface area (Å²) in [5.41, 5.74) is 2.57. The summed E-state index contributed by atoms with van der Waals surface area (Å²) in [6.45, 7) is 2.09. The number of nitrogen functional groups attached to an aromatic ring is 1. The van der Waals surface area contributed by atoms with Crippen molar-refractivity contribution < 1.29 is 0 Å². The van der Waals surface area contributed by atoms with E-state index in [2.05, 4.69) is 19.1 Å². The van der Waals surface area contributed by atoms with E-state index in [0.29, 0.717) is 11.5 Å². The second kappa shape index (κ2) is 7.13. The lowest BCUT2D eigenvalue weighted by molar-refractivity contribution is 0.583. The Morgan fingerprint density at radius 3 is 2.29 bits per heavy atom. The molecule has 0 saturated carbocycles. The predicted molar refractivity (Wildman–Crippen MR) is 97.3 cm³/mol. The van der Waals surface area contributed by atoms with Gasteiger partial charge in [0, 0.05) is 17.5 Å². The number of nitrogens with zero attached hydrogens (tertiary/aromatic N) is 2. The predicted octanol–water partition coefficient (Wildman–Crippen LogP) is 3.36. The third-order valence-electron chi connectivity index (χ3n) is 4.23. The molecular weight excluding hydrogens is 298 g/mol. The first-order valence-electron chi connectivity index (χ1n) is 8.17. The standard InChI is InChI=1S/C20H21N3O/c1-2-16(13-15-9-5-3-6-10-15)20-22-18(14-19(24)23(20)21)17-11-7-4-8-12-17/h3-12,14,16H,2,13,21H2,1H3. The summed E-state index contributed by atoms with van der Waals surface area (Å²) in [6.07, 6.45) is 1.66. The summed E-state index contributed by atoms with van der Waals surface area (Å²) in [5, 5.41) is 0. The molecule has 0 bridgehead atoms. The van der Waals surface area contributed by atoms with Crippen LogP contribution in [0.3, 0.4) is 0 Å². The van der Waals surface area contributed by atoms with Gasteiger partial charge in [-0.05, 0) is 18.4 Å². The first-order chi connectivity index (χ1) is 11.7. The van der Waals surface area contributed by atoms with Gasteiger partial charge in [0.2, 0.25) is 0 Å². The van der Waals surface area contributed by atoms with Crippen LogP contribution in [0.2, 0.25) is 0 Å². The Labute approximate surface area is 141 Å². The zero-order valence-corrected chi connectivity index (χ0v) is 13.7. The molecule has 0 spiro atoms. The molecule has 0 aliphatic carbocycles. The van der Waals surface area contributed by atoms with E-state index in [1.165, 1.54) is 16.3 Å². The first-order valence-corrected chi connectivity index (χ1v) is 8.17. The van der Waals surface area contributed by atoms with Gasteiger partial charge in [-0.25, -0.2) is 9.66 Å². The van der Waals surface area contributed by atoms with Gasteiger partial charge in [-0.1, -0.05) is 67.6 Å². The number of hydrogen-bond donors (Lipinski definition) is 1. The van der Waals surface area contributed by atoms with Crippen molar-refractivity contribution in [3.8, 4) is 11.3 Å². The third kappa shape index (κ3) is 3.38. The fraction of sp³-hybridized carbons (Fsp3) is 0.200. The molecule has 3 aromatic rings. The molecule has 3 rings (SSSR count). The highest BCUT2D eigenvalue weighted by Crippen LogP contribution is 2.23. The Morgan fingerprint density at radius 1 is 1.04 bits per heavy atom. The molecule has 1 aromatic heterocycles. The van der Waals surface area contributed by atoms with Crippen molar-refractivity contribution in [1.29, 1.82) is 0 Å². The molecule has 1 atom stereocenters. The number of nitrogens with two attached hydrogens (primary N) is 1. The van der Waals surface area contributed by atoms with Gasteiger partial charge in [0.1, 0.15) is 5.82 Å². The molecule has 0 amide bonds. The van der Waals surface area contributed by atoms with Gasteiger partial charge in [0.15, 0.2) is 0 Å². The van der Waals surface area contributed by atoms with E-state index in [-0.39, 0.29) is 11.5 Å². The van der Waals surface area contributed by atoms with Gasteiger partial charge in [0.25, 0.3) is 5.56 Å². The zero-order chi connectivity index (χ0) is 16.9. The van der Waals surface area contributed by atoms with Gasteiger partial charge in [-0.15, -0.1) is 0 Å². The first kappa shape index (κ1) is 16.0. The molecule has 122 valence electrons. The van der Waals surface area contributed by atoms with E-state index >= 15 is 0 Å². The van der Waals surface area contributed by atoms with Crippen LogP contribution in [0, 0.1) is 0 Å². The van der Waals surface area contributed by atoms with Gasteiger partial charge in [-0.2, -0.15) is 0 Å². The fourth-order valence-electron chi connectivity index (χ4n) is 2.87. The Kier molecular flexibility index (Phi) is 4.75. The minimum atomic E-state index is -0.231. The quantitative estimate of drug-likeness (QED) is 0.734. The van der Waals surface area contributed by atoms with Crippen molar-refractivity contribution in [1.82, 2.24) is 9.66 Å². The Hall–Kier alpha value is -2.88. The minimum absolute atomic E-state index is 0.0914. The normalized spacial score (nSPS) is 12.0. The van der Waals surface area contributed by atoms with Crippen LogP contribution in [0.5, 0.6) is 0 Å². The lowest BCUT2D eigenvalue weighted by Crippen LogP contribution is -2.33. The van der Waals surface area contributed by atoms with Gasteiger partial charge < -0.3 is 5.84 Å². The second-order valence-corrected chi connectivity index (χ2v) is 5.87. The topological polar surface area (TPSA) is 60.9 Å². The van der Waals surface area contributed by atoms with Gasteiger partial charge >= 0.3 is 0 Å². The van der Waals surface area contributed by atoms with Crippen molar-refractivity contribution in [2.45, 2.75) is 25.7 Å². The summed E-state index contributed by atoms with van der Waals surface area (Å²) in [6, 6.07) is 21.4. The molecule has 24 heavy (non-hydrogen) atoms. The van der Waals surface area contributed by atoms with Crippen molar-refractivity contribution in [2.75, 3.05) is 5.84 Å². The summed E-state index contributed by atoms with van der Waals surface area (Å²) in [5.74, 6) is 6.72. The summed E-state index contributed by atoms with van der Waals surface area (Å²) in [4.78, 5) is 17.0. The van der Waals surface area contributed by atoms with Gasteiger partial charge in [-0.3, -0.25) is 4.79 Å². The molecule has 2 N–H and O–H groups in total. The van der Waals surface area contributed by atoms with Crippen molar-refractivity contribution in [3.63, 3.8) is 0 Å². The van der Waals surface area contributed by atoms with Crippen LogP contribution < -0.4 is 11.4 Å². The average molecular weight is 319 g/mol. The smallest absolute Gasteiger partial charge is 0.272 e. The SMILES string of the molecule is CCC(Cc1ccccc1)c1nc(-c2ccccc2)cc(=O)n1N. The van der Waals surface area contributed by atoms with Crippen LogP contribution in [0.25, 0.3) is 11.3 Å². The monoisotopic (exact) mass is 319 g/mol. The van der Waals surface area contributed by atoms with Crippen LogP contribution in [0.1, 0.15) is 30.7 Å². The zero-order valence-electron chi connectivity index (χ0n) is 13.7. The maximum absolute atomic E-state index is 12.3. The summed E-state index contributed by atoms with van der Waals surface area (Å²) < 4.78 is 1.18. The van der Waals surface area contributed by atoms with Gasteiger partial charge in [0.05, 0.1) is 5.69 Å². The Balaban J connectivity index is 2.02. The van der Waals surface area contributed by atoms with E-state index in [9.17, 15) is 4.79 Å². The highest BCUT2D eigenvalue weighted by Gasteiger charge is 2.18. The molecule has 0 saturated heterocycles. The average Bonchev–Trinajstić information content (AvgIpc) is 2.63. The molecular formula is C20H21N3O. The van der Waals surface area contributed by atoms with E-state index in [1.54, 1.807) is 0 Å². The third-order valence-corrected chi connectivity index (χ3v) is 4.23.